The van der Waals surface area contributed by atoms with Crippen LogP contribution in [0, 0.1) is 0 Å². The molecule has 1 amide bonds. The topological polar surface area (TPSA) is 84.9 Å². The number of halogens is 3. The molecule has 0 saturated heterocycles. The van der Waals surface area contributed by atoms with Crippen LogP contribution in [0.4, 0.5) is 18.9 Å². The zero-order chi connectivity index (χ0) is 25.8. The Morgan fingerprint density at radius 2 is 1.47 bits per heavy atom. The molecule has 3 aromatic carbocycles. The van der Waals surface area contributed by atoms with Crippen molar-refractivity contribution in [3.05, 3.63) is 77.9 Å². The molecule has 3 rings (SSSR count). The first-order valence-corrected chi connectivity index (χ1v) is 10.6. The second-order valence-electron chi connectivity index (χ2n) is 8.78. The van der Waals surface area contributed by atoms with E-state index < -0.39 is 18.2 Å². The minimum absolute atomic E-state index is 0. The van der Waals surface area contributed by atoms with E-state index in [0.717, 1.165) is 23.3 Å². The van der Waals surface area contributed by atoms with Gasteiger partial charge in [-0.2, -0.15) is 0 Å². The third-order valence-corrected chi connectivity index (χ3v) is 5.06. The first kappa shape index (κ1) is 29.2. The summed E-state index contributed by atoms with van der Waals surface area (Å²) >= 11 is 0. The van der Waals surface area contributed by atoms with Gasteiger partial charge in [-0.15, -0.1) is 13.2 Å². The minimum atomic E-state index is -4.80. The van der Waals surface area contributed by atoms with E-state index in [1.807, 2.05) is 24.3 Å². The summed E-state index contributed by atoms with van der Waals surface area (Å²) in [6.07, 6.45) is -4.80. The van der Waals surface area contributed by atoms with Crippen molar-refractivity contribution in [3.8, 4) is 22.6 Å². The maximum absolute atomic E-state index is 12.4. The van der Waals surface area contributed by atoms with Crippen molar-refractivity contribution in [1.29, 1.82) is 0 Å². The number of nitrogens with one attached hydrogen (secondary N) is 1. The van der Waals surface area contributed by atoms with Crippen molar-refractivity contribution in [1.82, 2.24) is 0 Å². The Morgan fingerprint density at radius 3 is 2.00 bits per heavy atom. The predicted octanol–water partition coefficient (Wildman–Crippen LogP) is 5.50. The molecule has 0 radical (unpaired) electrons. The summed E-state index contributed by atoms with van der Waals surface area (Å²) in [6, 6.07) is 17.7. The van der Waals surface area contributed by atoms with Crippen LogP contribution < -0.4 is 14.8 Å². The molecule has 6 nitrogen and oxygen atoms in total. The van der Waals surface area contributed by atoms with Crippen molar-refractivity contribution < 1.29 is 37.3 Å². The second-order valence-corrected chi connectivity index (χ2v) is 8.78. The molecule has 0 bridgehead atoms. The molecule has 36 heavy (non-hydrogen) atoms. The number of alkyl halides is 3. The number of carbonyl (C=O) groups is 2. The summed E-state index contributed by atoms with van der Waals surface area (Å²) in [5.74, 6) is -3.07. The number of benzene rings is 3. The quantitative estimate of drug-likeness (QED) is 0.337. The summed E-state index contributed by atoms with van der Waals surface area (Å²) in [7, 11) is 0. The van der Waals surface area contributed by atoms with Crippen molar-refractivity contribution in [3.63, 3.8) is 0 Å². The standard InChI is InChI=1S/C26H24F3NO5.Na.H/c1-25(2,3)19-9-4-16(5-10-19)15-34-22-13-8-18(14-21(22)30-23(31)24(32)33)17-6-11-20(12-7-17)35-26(27,28)29;;/h4-14H,15H2,1-3H3,(H,30,31)(H,32,33);;. The van der Waals surface area contributed by atoms with Gasteiger partial charge in [0.2, 0.25) is 0 Å². The Kier molecular flexibility index (Phi) is 9.59. The van der Waals surface area contributed by atoms with Gasteiger partial charge in [-0.05, 0) is 51.9 Å². The number of carbonyl (C=O) groups excluding carboxylic acids is 1. The van der Waals surface area contributed by atoms with E-state index in [1.165, 1.54) is 18.2 Å². The average molecular weight is 511 g/mol. The van der Waals surface area contributed by atoms with E-state index in [-0.39, 0.29) is 58.8 Å². The number of anilines is 1. The van der Waals surface area contributed by atoms with Crippen LogP contribution >= 0.6 is 0 Å². The molecule has 0 spiro atoms. The summed E-state index contributed by atoms with van der Waals surface area (Å²) in [5, 5.41) is 11.3. The van der Waals surface area contributed by atoms with Crippen LogP contribution in [0.5, 0.6) is 11.5 Å². The molecule has 2 N–H and O–H groups in total. The number of carboxylic acids is 1. The van der Waals surface area contributed by atoms with Gasteiger partial charge in [0.05, 0.1) is 5.69 Å². The summed E-state index contributed by atoms with van der Waals surface area (Å²) in [5.41, 5.74) is 3.18. The predicted molar refractivity (Wildman–Crippen MR) is 131 cm³/mol. The number of hydrogen-bond donors (Lipinski definition) is 2. The van der Waals surface area contributed by atoms with Gasteiger partial charge in [0, 0.05) is 0 Å². The van der Waals surface area contributed by atoms with Crippen LogP contribution in [0.25, 0.3) is 11.1 Å². The fourth-order valence-electron chi connectivity index (χ4n) is 3.22. The molecule has 10 heteroatoms. The average Bonchev–Trinajstić information content (AvgIpc) is 2.77. The van der Waals surface area contributed by atoms with Crippen LogP contribution in [0.3, 0.4) is 0 Å². The van der Waals surface area contributed by atoms with Crippen LogP contribution in [0.1, 0.15) is 31.9 Å². The fourth-order valence-corrected chi connectivity index (χ4v) is 3.22. The SMILES string of the molecule is CC(C)(C)c1ccc(COc2ccc(-c3ccc(OC(F)(F)F)cc3)cc2NC(=O)C(=O)O)cc1.[NaH]. The summed E-state index contributed by atoms with van der Waals surface area (Å²) in [6.45, 7) is 6.49. The molecule has 0 unspecified atom stereocenters. The number of rotatable bonds is 6. The third kappa shape index (κ3) is 8.29. The molecule has 0 saturated carbocycles. The van der Waals surface area contributed by atoms with Crippen LogP contribution in [-0.2, 0) is 21.6 Å². The fraction of sp³-hybridized carbons (Fsp3) is 0.231. The maximum atomic E-state index is 12.4. The van der Waals surface area contributed by atoms with Gasteiger partial charge < -0.3 is 19.9 Å². The molecule has 0 fully saturated rings. The van der Waals surface area contributed by atoms with E-state index in [9.17, 15) is 22.8 Å². The zero-order valence-electron chi connectivity index (χ0n) is 19.3. The molecular formula is C26H25F3NNaO5. The Bertz CT molecular complexity index is 1200. The normalized spacial score (nSPS) is 11.3. The van der Waals surface area contributed by atoms with Crippen molar-refractivity contribution in [2.75, 3.05) is 5.32 Å². The molecule has 186 valence electrons. The Labute approximate surface area is 228 Å². The van der Waals surface area contributed by atoms with Gasteiger partial charge in [-0.1, -0.05) is 63.2 Å². The van der Waals surface area contributed by atoms with Gasteiger partial charge in [-0.25, -0.2) is 4.79 Å². The summed E-state index contributed by atoms with van der Waals surface area (Å²) in [4.78, 5) is 22.9. The number of ether oxygens (including phenoxy) is 2. The van der Waals surface area contributed by atoms with E-state index in [2.05, 4.69) is 30.8 Å². The number of hydrogen-bond acceptors (Lipinski definition) is 4. The molecule has 0 aliphatic rings. The number of amides is 1. The van der Waals surface area contributed by atoms with Crippen molar-refractivity contribution >= 4 is 47.1 Å². The van der Waals surface area contributed by atoms with E-state index in [4.69, 9.17) is 9.84 Å². The van der Waals surface area contributed by atoms with Gasteiger partial charge in [0.25, 0.3) is 0 Å². The molecule has 0 heterocycles. The van der Waals surface area contributed by atoms with Gasteiger partial charge >= 0.3 is 47.8 Å². The number of aliphatic carboxylic acids is 1. The summed E-state index contributed by atoms with van der Waals surface area (Å²) < 4.78 is 46.9. The monoisotopic (exact) mass is 511 g/mol. The molecule has 0 atom stereocenters. The van der Waals surface area contributed by atoms with Crippen LogP contribution in [0.15, 0.2) is 66.7 Å². The molecular weight excluding hydrogens is 486 g/mol. The third-order valence-electron chi connectivity index (χ3n) is 5.06. The van der Waals surface area contributed by atoms with Crippen LogP contribution in [0.2, 0.25) is 0 Å². The molecule has 3 aromatic rings. The van der Waals surface area contributed by atoms with Gasteiger partial charge in [0.1, 0.15) is 18.1 Å². The molecule has 0 aliphatic heterocycles. The zero-order valence-corrected chi connectivity index (χ0v) is 19.3. The Hall–Kier alpha value is -3.01. The Balaban J connectivity index is 0.00000456. The van der Waals surface area contributed by atoms with Gasteiger partial charge in [0.15, 0.2) is 0 Å². The van der Waals surface area contributed by atoms with Crippen LogP contribution in [-0.4, -0.2) is 52.9 Å². The molecule has 0 aliphatic carbocycles. The first-order chi connectivity index (χ1) is 16.3. The van der Waals surface area contributed by atoms with Gasteiger partial charge in [-0.3, -0.25) is 4.79 Å². The Morgan fingerprint density at radius 1 is 0.889 bits per heavy atom. The second kappa shape index (κ2) is 11.8. The van der Waals surface area contributed by atoms with E-state index >= 15 is 0 Å². The van der Waals surface area contributed by atoms with Crippen molar-refractivity contribution in [2.45, 2.75) is 39.2 Å². The first-order valence-electron chi connectivity index (χ1n) is 10.6. The number of carboxylic acid groups (broad SMARTS) is 1. The van der Waals surface area contributed by atoms with E-state index in [0.29, 0.717) is 11.1 Å². The van der Waals surface area contributed by atoms with Crippen molar-refractivity contribution in [2.24, 2.45) is 0 Å². The van der Waals surface area contributed by atoms with E-state index in [1.54, 1.807) is 12.1 Å². The molecule has 0 aromatic heterocycles.